The van der Waals surface area contributed by atoms with Crippen LogP contribution in [0.3, 0.4) is 0 Å². The van der Waals surface area contributed by atoms with Crippen LogP contribution < -0.4 is 5.32 Å². The molecule has 0 bridgehead atoms. The fourth-order valence-corrected chi connectivity index (χ4v) is 4.14. The van der Waals surface area contributed by atoms with Gasteiger partial charge in [0, 0.05) is 31.2 Å². The smallest absolute Gasteiger partial charge is 0.276 e. The molecule has 1 N–H and O–H groups in total. The highest BCUT2D eigenvalue weighted by Crippen LogP contribution is 2.27. The molecule has 0 atom stereocenters. The molecule has 1 amide bonds. The van der Waals surface area contributed by atoms with E-state index in [0.29, 0.717) is 17.9 Å². The van der Waals surface area contributed by atoms with Gasteiger partial charge >= 0.3 is 0 Å². The summed E-state index contributed by atoms with van der Waals surface area (Å²) in [4.78, 5) is 17.2. The Morgan fingerprint density at radius 1 is 1.12 bits per heavy atom. The fraction of sp³-hybridized carbons (Fsp3) is 0.174. The monoisotopic (exact) mass is 504 g/mol. The van der Waals surface area contributed by atoms with Gasteiger partial charge < -0.3 is 5.32 Å². The molecule has 10 heteroatoms. The summed E-state index contributed by atoms with van der Waals surface area (Å²) in [6, 6.07) is 11.7. The van der Waals surface area contributed by atoms with E-state index < -0.39 is 0 Å². The Labute approximate surface area is 198 Å². The van der Waals surface area contributed by atoms with Crippen molar-refractivity contribution in [3.63, 3.8) is 0 Å². The Morgan fingerprint density at radius 3 is 2.79 bits per heavy atom. The van der Waals surface area contributed by atoms with E-state index >= 15 is 0 Å². The van der Waals surface area contributed by atoms with Crippen LogP contribution in [-0.4, -0.2) is 40.1 Å². The predicted octanol–water partition coefficient (Wildman–Crippen LogP) is 4.18. The number of halogens is 1. The molecule has 0 unspecified atom stereocenters. The number of nitrogens with one attached hydrogen (secondary N) is 1. The highest BCUT2D eigenvalue weighted by molar-refractivity contribution is 9.10. The largest absolute Gasteiger partial charge is 0.318 e. The Morgan fingerprint density at radius 2 is 2.00 bits per heavy atom. The number of aromatic nitrogens is 7. The predicted molar refractivity (Wildman–Crippen MR) is 128 cm³/mol. The maximum atomic E-state index is 12.9. The lowest BCUT2D eigenvalue weighted by Crippen LogP contribution is -2.12. The molecule has 1 aromatic carbocycles. The summed E-state index contributed by atoms with van der Waals surface area (Å²) in [7, 11) is 0. The van der Waals surface area contributed by atoms with Crippen LogP contribution in [0.4, 0.5) is 5.69 Å². The summed E-state index contributed by atoms with van der Waals surface area (Å²) in [6.45, 7) is 5.45. The summed E-state index contributed by atoms with van der Waals surface area (Å²) in [5.41, 5.74) is 5.23. The normalized spacial score (nSPS) is 11.2. The van der Waals surface area contributed by atoms with E-state index in [-0.39, 0.29) is 11.6 Å². The number of carbonyl (C=O) groups is 1. The zero-order valence-corrected chi connectivity index (χ0v) is 19.7. The zero-order chi connectivity index (χ0) is 22.9. The number of rotatable bonds is 6. The van der Waals surface area contributed by atoms with Crippen LogP contribution in [0.2, 0.25) is 0 Å². The molecule has 4 heterocycles. The van der Waals surface area contributed by atoms with Crippen molar-refractivity contribution in [1.82, 2.24) is 34.2 Å². The van der Waals surface area contributed by atoms with Gasteiger partial charge in [0.1, 0.15) is 5.69 Å². The standard InChI is InChI=1S/C23H21BrN8O/c1-3-30-14-18(24)22(29-30)20-7-8-25-21-10-19(28-32(20)21)23(33)27-17-11-26-31(13-17)12-16-6-4-5-15(2)9-16/h4-11,13-14H,3,12H2,1-2H3,(H,27,33). The van der Waals surface area contributed by atoms with Gasteiger partial charge in [-0.2, -0.15) is 15.3 Å². The molecule has 0 radical (unpaired) electrons. The first kappa shape index (κ1) is 21.1. The quantitative estimate of drug-likeness (QED) is 0.374. The first-order valence-corrected chi connectivity index (χ1v) is 11.3. The van der Waals surface area contributed by atoms with Crippen LogP contribution in [0.25, 0.3) is 17.0 Å². The number of nitrogens with zero attached hydrogens (tertiary/aromatic N) is 7. The maximum absolute atomic E-state index is 12.9. The van der Waals surface area contributed by atoms with E-state index in [9.17, 15) is 4.79 Å². The molecule has 0 saturated heterocycles. The van der Waals surface area contributed by atoms with Crippen molar-refractivity contribution < 1.29 is 4.79 Å². The van der Waals surface area contributed by atoms with Crippen molar-refractivity contribution in [3.8, 4) is 11.4 Å². The number of benzene rings is 1. The minimum absolute atomic E-state index is 0.257. The molecule has 0 aliphatic rings. The number of hydrogen-bond donors (Lipinski definition) is 1. The number of hydrogen-bond acceptors (Lipinski definition) is 5. The topological polar surface area (TPSA) is 94.9 Å². The number of amides is 1. The van der Waals surface area contributed by atoms with Crippen molar-refractivity contribution in [2.45, 2.75) is 26.9 Å². The molecule has 5 aromatic rings. The van der Waals surface area contributed by atoms with Crippen molar-refractivity contribution in [3.05, 3.63) is 82.5 Å². The first-order chi connectivity index (χ1) is 16.0. The number of anilines is 1. The summed E-state index contributed by atoms with van der Waals surface area (Å²) < 4.78 is 6.09. The molecular weight excluding hydrogens is 484 g/mol. The molecular formula is C23H21BrN8O. The Hall–Kier alpha value is -3.79. The van der Waals surface area contributed by atoms with Crippen molar-refractivity contribution in [1.29, 1.82) is 0 Å². The molecule has 5 rings (SSSR count). The van der Waals surface area contributed by atoms with Gasteiger partial charge in [-0.25, -0.2) is 9.50 Å². The third-order valence-electron chi connectivity index (χ3n) is 5.19. The van der Waals surface area contributed by atoms with Crippen molar-refractivity contribution >= 4 is 33.2 Å². The van der Waals surface area contributed by atoms with Crippen LogP contribution in [0.1, 0.15) is 28.5 Å². The van der Waals surface area contributed by atoms with E-state index in [1.807, 2.05) is 29.9 Å². The number of fused-ring (bicyclic) bond motifs is 1. The molecule has 0 fully saturated rings. The lowest BCUT2D eigenvalue weighted by molar-refractivity contribution is 0.102. The summed E-state index contributed by atoms with van der Waals surface area (Å²) in [6.07, 6.45) is 7.02. The zero-order valence-electron chi connectivity index (χ0n) is 18.1. The van der Waals surface area contributed by atoms with Crippen LogP contribution in [0.5, 0.6) is 0 Å². The average molecular weight is 505 g/mol. The SMILES string of the molecule is CCn1cc(Br)c(-c2ccnc3cc(C(=O)Nc4cnn(Cc5cccc(C)c5)c4)nn23)n1. The van der Waals surface area contributed by atoms with E-state index in [0.717, 1.165) is 28.0 Å². The number of carbonyl (C=O) groups excluding carboxylic acids is 1. The third-order valence-corrected chi connectivity index (χ3v) is 5.77. The second-order valence-corrected chi connectivity index (χ2v) is 8.54. The molecule has 4 aromatic heterocycles. The van der Waals surface area contributed by atoms with Gasteiger partial charge in [-0.3, -0.25) is 14.2 Å². The van der Waals surface area contributed by atoms with Gasteiger partial charge in [-0.15, -0.1) is 0 Å². The minimum Gasteiger partial charge on any atom is -0.318 e. The molecule has 166 valence electrons. The molecule has 33 heavy (non-hydrogen) atoms. The van der Waals surface area contributed by atoms with E-state index in [2.05, 4.69) is 66.6 Å². The average Bonchev–Trinajstić information content (AvgIpc) is 3.51. The molecule has 0 aliphatic carbocycles. The van der Waals surface area contributed by atoms with Gasteiger partial charge in [0.05, 0.1) is 28.6 Å². The molecule has 0 aliphatic heterocycles. The molecule has 0 spiro atoms. The van der Waals surface area contributed by atoms with Crippen LogP contribution in [0, 0.1) is 6.92 Å². The lowest BCUT2D eigenvalue weighted by Gasteiger charge is -2.03. The van der Waals surface area contributed by atoms with E-state index in [1.165, 1.54) is 5.56 Å². The summed E-state index contributed by atoms with van der Waals surface area (Å²) >= 11 is 3.56. The second kappa shape index (κ2) is 8.62. The Bertz CT molecular complexity index is 1460. The van der Waals surface area contributed by atoms with E-state index in [1.54, 1.807) is 33.9 Å². The Kier molecular flexibility index (Phi) is 5.51. The van der Waals surface area contributed by atoms with Gasteiger partial charge in [0.2, 0.25) is 0 Å². The molecule has 0 saturated carbocycles. The minimum atomic E-state index is -0.334. The summed E-state index contributed by atoms with van der Waals surface area (Å²) in [5, 5.41) is 16.3. The van der Waals surface area contributed by atoms with Gasteiger partial charge in [-0.1, -0.05) is 29.8 Å². The highest BCUT2D eigenvalue weighted by atomic mass is 79.9. The number of aryl methyl sites for hydroxylation is 2. The van der Waals surface area contributed by atoms with E-state index in [4.69, 9.17) is 0 Å². The van der Waals surface area contributed by atoms with Gasteiger partial charge in [0.15, 0.2) is 11.3 Å². The maximum Gasteiger partial charge on any atom is 0.276 e. The second-order valence-electron chi connectivity index (χ2n) is 7.68. The first-order valence-electron chi connectivity index (χ1n) is 10.5. The highest BCUT2D eigenvalue weighted by Gasteiger charge is 2.18. The van der Waals surface area contributed by atoms with Crippen LogP contribution in [0.15, 0.2) is 65.7 Å². The molecule has 9 nitrogen and oxygen atoms in total. The lowest BCUT2D eigenvalue weighted by atomic mass is 10.1. The van der Waals surface area contributed by atoms with Crippen LogP contribution in [-0.2, 0) is 13.1 Å². The van der Waals surface area contributed by atoms with Gasteiger partial charge in [0.25, 0.3) is 5.91 Å². The third kappa shape index (κ3) is 4.29. The summed E-state index contributed by atoms with van der Waals surface area (Å²) in [5.74, 6) is -0.334. The fourth-order valence-electron chi connectivity index (χ4n) is 3.63. The van der Waals surface area contributed by atoms with Crippen molar-refractivity contribution in [2.75, 3.05) is 5.32 Å². The van der Waals surface area contributed by atoms with Crippen molar-refractivity contribution in [2.24, 2.45) is 0 Å². The van der Waals surface area contributed by atoms with Crippen LogP contribution >= 0.6 is 15.9 Å². The Balaban J connectivity index is 1.37. The van der Waals surface area contributed by atoms with Gasteiger partial charge in [-0.05, 0) is 41.4 Å².